The second-order valence-corrected chi connectivity index (χ2v) is 4.99. The van der Waals surface area contributed by atoms with Gasteiger partial charge in [0.15, 0.2) is 22.3 Å². The third-order valence-corrected chi connectivity index (χ3v) is 2.78. The van der Waals surface area contributed by atoms with Gasteiger partial charge in [0.05, 0.1) is 0 Å². The molecule has 0 radical (unpaired) electrons. The topological polar surface area (TPSA) is 63.6 Å². The summed E-state index contributed by atoms with van der Waals surface area (Å²) in [5.74, 6) is -10.1. The largest absolute Gasteiger partial charge is 0.483 e. The molecule has 0 saturated heterocycles. The molecule has 0 amide bonds. The highest BCUT2D eigenvalue weighted by atomic mass is 32.2. The molecule has 1 aromatic rings. The number of hydrogen-bond donors (Lipinski definition) is 1. The molecule has 4 nitrogen and oxygen atoms in total. The Morgan fingerprint density at radius 1 is 1.16 bits per heavy atom. The van der Waals surface area contributed by atoms with Crippen LogP contribution in [-0.4, -0.2) is 19.6 Å². The highest BCUT2D eigenvalue weighted by Crippen LogP contribution is 2.32. The average Bonchev–Trinajstić information content (AvgIpc) is 2.24. The smallest absolute Gasteiger partial charge is 0.300 e. The minimum Gasteiger partial charge on any atom is -0.483 e. The van der Waals surface area contributed by atoms with E-state index in [-0.39, 0.29) is 0 Å². The van der Waals surface area contributed by atoms with E-state index in [4.69, 9.17) is 4.55 Å². The molecule has 1 rings (SSSR count). The van der Waals surface area contributed by atoms with Gasteiger partial charge in [0, 0.05) is 0 Å². The van der Waals surface area contributed by atoms with Gasteiger partial charge in [-0.15, -0.1) is 0 Å². The third kappa shape index (κ3) is 3.04. The fourth-order valence-electron chi connectivity index (χ4n) is 1.14. The van der Waals surface area contributed by atoms with Crippen molar-refractivity contribution in [1.82, 2.24) is 0 Å². The Labute approximate surface area is 106 Å². The first-order chi connectivity index (χ1) is 8.57. The normalized spacial score (nSPS) is 11.5. The van der Waals surface area contributed by atoms with Crippen LogP contribution < -0.4 is 4.74 Å². The zero-order valence-corrected chi connectivity index (χ0v) is 10.3. The highest BCUT2D eigenvalue weighted by Gasteiger charge is 2.33. The third-order valence-electron chi connectivity index (χ3n) is 1.90. The Kier molecular flexibility index (Phi) is 4.21. The van der Waals surface area contributed by atoms with E-state index in [1.54, 1.807) is 0 Å². The van der Waals surface area contributed by atoms with E-state index in [1.165, 1.54) is 6.92 Å². The van der Waals surface area contributed by atoms with Gasteiger partial charge in [-0.1, -0.05) is 6.58 Å². The molecule has 1 aromatic carbocycles. The lowest BCUT2D eigenvalue weighted by Crippen LogP contribution is -2.13. The van der Waals surface area contributed by atoms with Crippen LogP contribution in [0.15, 0.2) is 17.0 Å². The molecular formula is C10H8F4O4S. The van der Waals surface area contributed by atoms with E-state index < -0.39 is 50.6 Å². The molecule has 0 fully saturated rings. The zero-order chi connectivity index (χ0) is 15.0. The van der Waals surface area contributed by atoms with Crippen LogP contribution >= 0.6 is 0 Å². The molecule has 0 saturated carbocycles. The molecular weight excluding hydrogens is 292 g/mol. The van der Waals surface area contributed by atoms with Crippen molar-refractivity contribution in [3.63, 3.8) is 0 Å². The summed E-state index contributed by atoms with van der Waals surface area (Å²) < 4.78 is 87.6. The Balaban J connectivity index is 3.52. The highest BCUT2D eigenvalue weighted by molar-refractivity contribution is 7.85. The van der Waals surface area contributed by atoms with Crippen LogP contribution in [0.5, 0.6) is 5.75 Å². The SMILES string of the molecule is C=C(C)COc1c(F)c(F)c(S(=O)(=O)O)c(F)c1F. The standard InChI is InChI=1S/C10H8F4O4S/c1-4(2)3-18-9-5(11)7(13)10(19(15,16)17)8(14)6(9)12/h1,3H2,2H3,(H,15,16,17). The van der Waals surface area contributed by atoms with Crippen LogP contribution in [0.2, 0.25) is 0 Å². The average molecular weight is 300 g/mol. The molecule has 0 aliphatic heterocycles. The lowest BCUT2D eigenvalue weighted by atomic mass is 10.3. The van der Waals surface area contributed by atoms with Gasteiger partial charge in [-0.25, -0.2) is 8.78 Å². The molecule has 106 valence electrons. The minimum atomic E-state index is -5.46. The predicted molar refractivity (Wildman–Crippen MR) is 56.4 cm³/mol. The lowest BCUT2D eigenvalue weighted by molar-refractivity contribution is 0.288. The summed E-state index contributed by atoms with van der Waals surface area (Å²) in [4.78, 5) is -2.11. The Morgan fingerprint density at radius 3 is 1.89 bits per heavy atom. The van der Waals surface area contributed by atoms with Crippen LogP contribution in [0.1, 0.15) is 6.92 Å². The summed E-state index contributed by atoms with van der Waals surface area (Å²) in [7, 11) is -5.46. The van der Waals surface area contributed by atoms with Gasteiger partial charge in [-0.3, -0.25) is 4.55 Å². The fourth-order valence-corrected chi connectivity index (χ4v) is 1.77. The summed E-state index contributed by atoms with van der Waals surface area (Å²) in [6.07, 6.45) is 0. The first-order valence-corrected chi connectivity index (χ1v) is 6.12. The summed E-state index contributed by atoms with van der Waals surface area (Å²) in [5, 5.41) is 0. The molecule has 0 heterocycles. The van der Waals surface area contributed by atoms with Crippen molar-refractivity contribution in [3.8, 4) is 5.75 Å². The van der Waals surface area contributed by atoms with Crippen molar-refractivity contribution in [2.24, 2.45) is 0 Å². The molecule has 0 unspecified atom stereocenters. The molecule has 0 bridgehead atoms. The summed E-state index contributed by atoms with van der Waals surface area (Å²) >= 11 is 0. The molecule has 19 heavy (non-hydrogen) atoms. The van der Waals surface area contributed by atoms with E-state index >= 15 is 0 Å². The quantitative estimate of drug-likeness (QED) is 0.401. The summed E-state index contributed by atoms with van der Waals surface area (Å²) in [5.41, 5.74) is 0.304. The van der Waals surface area contributed by atoms with Crippen molar-refractivity contribution in [1.29, 1.82) is 0 Å². The molecule has 1 N–H and O–H groups in total. The number of benzene rings is 1. The first kappa shape index (κ1) is 15.4. The van der Waals surface area contributed by atoms with Crippen LogP contribution in [0.4, 0.5) is 17.6 Å². The first-order valence-electron chi connectivity index (χ1n) is 4.68. The van der Waals surface area contributed by atoms with Crippen LogP contribution in [0.3, 0.4) is 0 Å². The molecule has 0 aliphatic rings. The predicted octanol–water partition coefficient (Wildman–Crippen LogP) is 2.44. The van der Waals surface area contributed by atoms with E-state index in [0.717, 1.165) is 0 Å². The zero-order valence-electron chi connectivity index (χ0n) is 9.51. The molecule has 0 aliphatic carbocycles. The number of ether oxygens (including phenoxy) is 1. The van der Waals surface area contributed by atoms with E-state index in [2.05, 4.69) is 11.3 Å². The van der Waals surface area contributed by atoms with Crippen molar-refractivity contribution in [2.45, 2.75) is 11.8 Å². The number of halogens is 4. The Morgan fingerprint density at radius 2 is 1.58 bits per heavy atom. The van der Waals surface area contributed by atoms with Crippen LogP contribution in [-0.2, 0) is 10.1 Å². The lowest BCUT2D eigenvalue weighted by Gasteiger charge is -2.11. The van der Waals surface area contributed by atoms with Gasteiger partial charge in [-0.2, -0.15) is 17.2 Å². The number of rotatable bonds is 4. The molecule has 0 spiro atoms. The Bertz CT molecular complexity index is 610. The van der Waals surface area contributed by atoms with E-state index in [9.17, 15) is 26.0 Å². The van der Waals surface area contributed by atoms with Gasteiger partial charge in [0.1, 0.15) is 6.61 Å². The minimum absolute atomic E-state index is 0.304. The number of hydrogen-bond acceptors (Lipinski definition) is 3. The van der Waals surface area contributed by atoms with Gasteiger partial charge in [0.2, 0.25) is 11.6 Å². The second-order valence-electron chi connectivity index (χ2n) is 3.64. The van der Waals surface area contributed by atoms with Crippen molar-refractivity contribution >= 4 is 10.1 Å². The maximum Gasteiger partial charge on any atom is 0.300 e. The van der Waals surface area contributed by atoms with Crippen molar-refractivity contribution in [2.75, 3.05) is 6.61 Å². The molecule has 0 atom stereocenters. The van der Waals surface area contributed by atoms with Crippen molar-refractivity contribution in [3.05, 3.63) is 35.4 Å². The van der Waals surface area contributed by atoms with Crippen molar-refractivity contribution < 1.29 is 35.3 Å². The summed E-state index contributed by atoms with van der Waals surface area (Å²) in [6, 6.07) is 0. The Hall–Kier alpha value is -1.61. The van der Waals surface area contributed by atoms with Gasteiger partial charge < -0.3 is 4.74 Å². The molecule has 9 heteroatoms. The maximum absolute atomic E-state index is 13.4. The van der Waals surface area contributed by atoms with E-state index in [1.807, 2.05) is 0 Å². The monoisotopic (exact) mass is 300 g/mol. The fraction of sp³-hybridized carbons (Fsp3) is 0.200. The summed E-state index contributed by atoms with van der Waals surface area (Å²) in [6.45, 7) is 4.33. The molecule has 0 aromatic heterocycles. The van der Waals surface area contributed by atoms with E-state index in [0.29, 0.717) is 5.57 Å². The second kappa shape index (κ2) is 5.17. The maximum atomic E-state index is 13.4. The van der Waals surface area contributed by atoms with Gasteiger partial charge in [0.25, 0.3) is 0 Å². The van der Waals surface area contributed by atoms with Crippen LogP contribution in [0.25, 0.3) is 0 Å². The van der Waals surface area contributed by atoms with Gasteiger partial charge >= 0.3 is 10.1 Å². The van der Waals surface area contributed by atoms with Crippen LogP contribution in [0, 0.1) is 23.3 Å². The van der Waals surface area contributed by atoms with Gasteiger partial charge in [-0.05, 0) is 12.5 Å².